The third-order valence-corrected chi connectivity index (χ3v) is 5.11. The summed E-state index contributed by atoms with van der Waals surface area (Å²) in [4.78, 5) is 30.5. The number of rotatable bonds is 4. The van der Waals surface area contributed by atoms with Crippen molar-refractivity contribution in [1.29, 1.82) is 0 Å². The highest BCUT2D eigenvalue weighted by Crippen LogP contribution is 2.31. The zero-order valence-electron chi connectivity index (χ0n) is 14.2. The van der Waals surface area contributed by atoms with Crippen molar-refractivity contribution in [3.05, 3.63) is 70.7 Å². The Morgan fingerprint density at radius 3 is 2.81 bits per heavy atom. The van der Waals surface area contributed by atoms with Crippen LogP contribution in [0.25, 0.3) is 0 Å². The lowest BCUT2D eigenvalue weighted by Crippen LogP contribution is -2.28. The number of hydrogen-bond donors (Lipinski definition) is 1. The Hall–Kier alpha value is -2.99. The minimum absolute atomic E-state index is 0.0397. The first-order valence-electron chi connectivity index (χ1n) is 8.34. The van der Waals surface area contributed by atoms with Crippen molar-refractivity contribution < 1.29 is 9.59 Å². The van der Waals surface area contributed by atoms with Crippen molar-refractivity contribution in [2.24, 2.45) is 0 Å². The van der Waals surface area contributed by atoms with Gasteiger partial charge in [0.2, 0.25) is 0 Å². The molecule has 130 valence electrons. The Morgan fingerprint density at radius 1 is 1.15 bits per heavy atom. The highest BCUT2D eigenvalue weighted by Gasteiger charge is 2.26. The molecule has 0 saturated carbocycles. The smallest absolute Gasteiger partial charge is 0.258 e. The van der Waals surface area contributed by atoms with Gasteiger partial charge in [-0.3, -0.25) is 9.59 Å². The maximum absolute atomic E-state index is 13.0. The number of Topliss-reactive ketones (excluding diaryl/α,β-unsaturated/α-hetero) is 1. The van der Waals surface area contributed by atoms with Gasteiger partial charge in [-0.05, 0) is 55.3 Å². The summed E-state index contributed by atoms with van der Waals surface area (Å²) in [7, 11) is 0. The van der Waals surface area contributed by atoms with Crippen LogP contribution in [0.3, 0.4) is 0 Å². The van der Waals surface area contributed by atoms with Gasteiger partial charge in [0, 0.05) is 40.6 Å². The predicted octanol–water partition coefficient (Wildman–Crippen LogP) is 4.29. The molecule has 0 saturated heterocycles. The molecule has 6 heteroatoms. The second-order valence-electron chi connectivity index (χ2n) is 6.15. The van der Waals surface area contributed by atoms with E-state index in [0.717, 1.165) is 28.5 Å². The van der Waals surface area contributed by atoms with Gasteiger partial charge in [0.1, 0.15) is 0 Å². The normalized spacial score (nSPS) is 12.7. The number of aromatic nitrogens is 1. The zero-order chi connectivity index (χ0) is 18.1. The van der Waals surface area contributed by atoms with E-state index in [1.165, 1.54) is 11.3 Å². The topological polar surface area (TPSA) is 62.3 Å². The molecule has 1 aliphatic rings. The molecule has 0 fully saturated rings. The monoisotopic (exact) mass is 363 g/mol. The van der Waals surface area contributed by atoms with E-state index in [0.29, 0.717) is 17.7 Å². The number of benzene rings is 2. The Labute approximate surface area is 155 Å². The second kappa shape index (κ2) is 6.72. The van der Waals surface area contributed by atoms with E-state index in [1.807, 2.05) is 41.8 Å². The number of fused-ring (bicyclic) bond motifs is 1. The Kier molecular flexibility index (Phi) is 4.26. The summed E-state index contributed by atoms with van der Waals surface area (Å²) in [6.07, 6.45) is 2.50. The van der Waals surface area contributed by atoms with E-state index in [4.69, 9.17) is 0 Å². The van der Waals surface area contributed by atoms with Crippen LogP contribution in [0.2, 0.25) is 0 Å². The Bertz CT molecular complexity index is 982. The second-order valence-corrected chi connectivity index (χ2v) is 7.04. The van der Waals surface area contributed by atoms with Gasteiger partial charge in [0.25, 0.3) is 5.91 Å². The third-order valence-electron chi connectivity index (χ3n) is 4.42. The molecule has 2 heterocycles. The average Bonchev–Trinajstić information content (AvgIpc) is 3.30. The molecular weight excluding hydrogens is 346 g/mol. The van der Waals surface area contributed by atoms with E-state index in [2.05, 4.69) is 10.3 Å². The molecule has 0 aliphatic carbocycles. The quantitative estimate of drug-likeness (QED) is 0.702. The fourth-order valence-corrected chi connectivity index (χ4v) is 3.68. The van der Waals surface area contributed by atoms with Crippen LogP contribution in [0.4, 0.5) is 16.5 Å². The van der Waals surface area contributed by atoms with Crippen molar-refractivity contribution in [1.82, 2.24) is 4.98 Å². The number of nitrogens with zero attached hydrogens (tertiary/aromatic N) is 2. The molecule has 1 amide bonds. The molecule has 26 heavy (non-hydrogen) atoms. The molecule has 1 N–H and O–H groups in total. The van der Waals surface area contributed by atoms with Crippen LogP contribution >= 0.6 is 11.3 Å². The molecule has 3 aromatic rings. The van der Waals surface area contributed by atoms with Crippen LogP contribution in [0.1, 0.15) is 33.2 Å². The summed E-state index contributed by atoms with van der Waals surface area (Å²) < 4.78 is 0. The SMILES string of the molecule is CC(=O)c1ccc2c(c1)CCN2C(=O)c1cccc(Nc2nccs2)c1. The average molecular weight is 363 g/mol. The number of nitrogens with one attached hydrogen (secondary N) is 1. The fourth-order valence-electron chi connectivity index (χ4n) is 3.13. The maximum Gasteiger partial charge on any atom is 0.258 e. The van der Waals surface area contributed by atoms with E-state index < -0.39 is 0 Å². The van der Waals surface area contributed by atoms with E-state index in [1.54, 1.807) is 24.1 Å². The minimum Gasteiger partial charge on any atom is -0.332 e. The summed E-state index contributed by atoms with van der Waals surface area (Å²) in [5.41, 5.74) is 4.07. The van der Waals surface area contributed by atoms with Crippen molar-refractivity contribution in [2.45, 2.75) is 13.3 Å². The summed E-state index contributed by atoms with van der Waals surface area (Å²) in [5, 5.41) is 5.89. The Balaban J connectivity index is 1.59. The van der Waals surface area contributed by atoms with Crippen molar-refractivity contribution in [3.63, 3.8) is 0 Å². The first-order valence-corrected chi connectivity index (χ1v) is 9.22. The van der Waals surface area contributed by atoms with Gasteiger partial charge < -0.3 is 10.2 Å². The maximum atomic E-state index is 13.0. The number of thiazole rings is 1. The summed E-state index contributed by atoms with van der Waals surface area (Å²) in [5.74, 6) is 0.000604. The van der Waals surface area contributed by atoms with Crippen molar-refractivity contribution >= 4 is 39.5 Å². The highest BCUT2D eigenvalue weighted by molar-refractivity contribution is 7.13. The molecule has 5 nitrogen and oxygen atoms in total. The van der Waals surface area contributed by atoms with Crippen molar-refractivity contribution in [2.75, 3.05) is 16.8 Å². The molecule has 1 aromatic heterocycles. The van der Waals surface area contributed by atoms with E-state index in [9.17, 15) is 9.59 Å². The summed E-state index contributed by atoms with van der Waals surface area (Å²) in [6.45, 7) is 2.18. The van der Waals surface area contributed by atoms with Gasteiger partial charge in [-0.2, -0.15) is 0 Å². The molecule has 0 radical (unpaired) electrons. The first-order chi connectivity index (χ1) is 12.6. The molecular formula is C20H17N3O2S. The molecule has 0 unspecified atom stereocenters. The van der Waals surface area contributed by atoms with Gasteiger partial charge in [0.05, 0.1) is 0 Å². The van der Waals surface area contributed by atoms with Crippen LogP contribution in [0, 0.1) is 0 Å². The van der Waals surface area contributed by atoms with Crippen LogP contribution in [-0.4, -0.2) is 23.2 Å². The number of amides is 1. The molecule has 2 aromatic carbocycles. The Morgan fingerprint density at radius 2 is 2.04 bits per heavy atom. The number of carbonyl (C=O) groups excluding carboxylic acids is 2. The van der Waals surface area contributed by atoms with Gasteiger partial charge >= 0.3 is 0 Å². The molecule has 0 spiro atoms. The lowest BCUT2D eigenvalue weighted by molar-refractivity contribution is 0.0987. The third kappa shape index (κ3) is 3.11. The van der Waals surface area contributed by atoms with Gasteiger partial charge in [0.15, 0.2) is 10.9 Å². The molecule has 0 atom stereocenters. The standard InChI is InChI=1S/C20H17N3O2S/c1-13(24)14-5-6-18-15(11-14)7-9-23(18)19(25)16-3-2-4-17(12-16)22-20-21-8-10-26-20/h2-6,8,10-12H,7,9H2,1H3,(H,21,22). The van der Waals surface area contributed by atoms with Gasteiger partial charge in [-0.1, -0.05) is 6.07 Å². The summed E-state index contributed by atoms with van der Waals surface area (Å²) in [6, 6.07) is 13.0. The first kappa shape index (κ1) is 16.5. The van der Waals surface area contributed by atoms with E-state index >= 15 is 0 Å². The number of ketones is 1. The largest absolute Gasteiger partial charge is 0.332 e. The number of anilines is 3. The fraction of sp³-hybridized carbons (Fsp3) is 0.150. The van der Waals surface area contributed by atoms with Gasteiger partial charge in [-0.15, -0.1) is 11.3 Å². The highest BCUT2D eigenvalue weighted by atomic mass is 32.1. The number of carbonyl (C=O) groups is 2. The predicted molar refractivity (Wildman–Crippen MR) is 104 cm³/mol. The minimum atomic E-state index is -0.0397. The van der Waals surface area contributed by atoms with Crippen LogP contribution in [0.15, 0.2) is 54.0 Å². The molecule has 4 rings (SSSR count). The van der Waals surface area contributed by atoms with E-state index in [-0.39, 0.29) is 11.7 Å². The number of hydrogen-bond acceptors (Lipinski definition) is 5. The zero-order valence-corrected chi connectivity index (χ0v) is 15.0. The van der Waals surface area contributed by atoms with Gasteiger partial charge in [-0.25, -0.2) is 4.98 Å². The van der Waals surface area contributed by atoms with Crippen LogP contribution in [-0.2, 0) is 6.42 Å². The van der Waals surface area contributed by atoms with Crippen LogP contribution in [0.5, 0.6) is 0 Å². The van der Waals surface area contributed by atoms with Crippen molar-refractivity contribution in [3.8, 4) is 0 Å². The summed E-state index contributed by atoms with van der Waals surface area (Å²) >= 11 is 1.51. The lowest BCUT2D eigenvalue weighted by Gasteiger charge is -2.18. The molecule has 0 bridgehead atoms. The van der Waals surface area contributed by atoms with Crippen LogP contribution < -0.4 is 10.2 Å². The lowest BCUT2D eigenvalue weighted by atomic mass is 10.1. The molecule has 1 aliphatic heterocycles.